The van der Waals surface area contributed by atoms with Crippen LogP contribution in [0.25, 0.3) is 11.0 Å². The second kappa shape index (κ2) is 10.6. The van der Waals surface area contributed by atoms with Gasteiger partial charge in [-0.1, -0.05) is 53.5 Å². The molecule has 1 atom stereocenters. The summed E-state index contributed by atoms with van der Waals surface area (Å²) < 4.78 is 15.9. The molecule has 0 aliphatic heterocycles. The van der Waals surface area contributed by atoms with E-state index >= 15 is 0 Å². The molecule has 0 spiro atoms. The third-order valence-electron chi connectivity index (χ3n) is 5.07. The minimum atomic E-state index is -0.808. The maximum Gasteiger partial charge on any atom is 0.349 e. The summed E-state index contributed by atoms with van der Waals surface area (Å²) in [5, 5.41) is 3.99. The Bertz CT molecular complexity index is 1450. The molecular weight excluding hydrogens is 493 g/mol. The summed E-state index contributed by atoms with van der Waals surface area (Å²) in [6, 6.07) is 19.6. The summed E-state index contributed by atoms with van der Waals surface area (Å²) >= 11 is 11.9. The topological polar surface area (TPSA) is 94.8 Å². The van der Waals surface area contributed by atoms with Crippen molar-refractivity contribution in [2.24, 2.45) is 0 Å². The number of carbonyl (C=O) groups is 2. The Morgan fingerprint density at radius 1 is 1.00 bits per heavy atom. The Balaban J connectivity index is 1.44. The van der Waals surface area contributed by atoms with Crippen molar-refractivity contribution in [1.29, 1.82) is 0 Å². The fourth-order valence-electron chi connectivity index (χ4n) is 3.30. The van der Waals surface area contributed by atoms with E-state index in [-0.39, 0.29) is 28.7 Å². The standard InChI is InChI=1S/C26H19Cl2NO6/c1-15(16-5-3-2-4-6-16)29-25(31)20-11-17-7-9-19(13-22(17)35-26(20)32)34-24(30)14-33-23-12-18(27)8-10-21(23)28/h2-13,15H,14H2,1H3,(H,29,31). The molecule has 4 aromatic rings. The largest absolute Gasteiger partial charge is 0.480 e. The molecule has 0 fully saturated rings. The van der Waals surface area contributed by atoms with Gasteiger partial charge in [-0.15, -0.1) is 0 Å². The summed E-state index contributed by atoms with van der Waals surface area (Å²) in [6.07, 6.45) is 0. The van der Waals surface area contributed by atoms with Crippen LogP contribution in [0.2, 0.25) is 10.0 Å². The summed E-state index contributed by atoms with van der Waals surface area (Å²) in [4.78, 5) is 37.3. The highest BCUT2D eigenvalue weighted by Crippen LogP contribution is 2.28. The molecule has 1 unspecified atom stereocenters. The molecule has 0 aliphatic carbocycles. The lowest BCUT2D eigenvalue weighted by atomic mass is 10.1. The Labute approximate surface area is 210 Å². The third kappa shape index (κ3) is 6.01. The number of halogens is 2. The number of fused-ring (bicyclic) bond motifs is 1. The van der Waals surface area contributed by atoms with Crippen molar-refractivity contribution < 1.29 is 23.5 Å². The Morgan fingerprint density at radius 2 is 1.77 bits per heavy atom. The smallest absolute Gasteiger partial charge is 0.349 e. The SMILES string of the molecule is CC(NC(=O)c1cc2ccc(OC(=O)COc3cc(Cl)ccc3Cl)cc2oc1=O)c1ccccc1. The molecule has 1 heterocycles. The van der Waals surface area contributed by atoms with E-state index in [2.05, 4.69) is 5.32 Å². The van der Waals surface area contributed by atoms with E-state index in [4.69, 9.17) is 37.1 Å². The highest BCUT2D eigenvalue weighted by molar-refractivity contribution is 6.34. The molecule has 4 rings (SSSR count). The normalized spacial score (nSPS) is 11.6. The number of hydrogen-bond acceptors (Lipinski definition) is 6. The zero-order valence-corrected chi connectivity index (χ0v) is 19.9. The summed E-state index contributed by atoms with van der Waals surface area (Å²) in [7, 11) is 0. The van der Waals surface area contributed by atoms with Crippen molar-refractivity contribution in [2.45, 2.75) is 13.0 Å². The van der Waals surface area contributed by atoms with E-state index in [1.54, 1.807) is 18.2 Å². The monoisotopic (exact) mass is 511 g/mol. The molecule has 1 amide bonds. The first-order valence-electron chi connectivity index (χ1n) is 10.5. The third-order valence-corrected chi connectivity index (χ3v) is 5.62. The number of nitrogens with one attached hydrogen (secondary N) is 1. The summed E-state index contributed by atoms with van der Waals surface area (Å²) in [6.45, 7) is 1.40. The molecule has 0 aliphatic rings. The van der Waals surface area contributed by atoms with Gasteiger partial charge in [0.15, 0.2) is 6.61 Å². The first kappa shape index (κ1) is 24.3. The van der Waals surface area contributed by atoms with Crippen LogP contribution in [0.4, 0.5) is 0 Å². The second-order valence-electron chi connectivity index (χ2n) is 7.59. The van der Waals surface area contributed by atoms with E-state index in [9.17, 15) is 14.4 Å². The van der Waals surface area contributed by atoms with Crippen LogP contribution in [0.15, 0.2) is 82.0 Å². The van der Waals surface area contributed by atoms with Gasteiger partial charge < -0.3 is 19.2 Å². The summed E-state index contributed by atoms with van der Waals surface area (Å²) in [5.41, 5.74) is 0.125. The van der Waals surface area contributed by atoms with Crippen molar-refractivity contribution >= 4 is 46.0 Å². The predicted octanol–water partition coefficient (Wildman–Crippen LogP) is 5.58. The van der Waals surface area contributed by atoms with Gasteiger partial charge in [-0.25, -0.2) is 9.59 Å². The maximum atomic E-state index is 12.7. The molecule has 7 nitrogen and oxygen atoms in total. The quantitative estimate of drug-likeness (QED) is 0.198. The number of amides is 1. The van der Waals surface area contributed by atoms with Crippen molar-refractivity contribution in [3.63, 3.8) is 0 Å². The Hall–Kier alpha value is -3.81. The second-order valence-corrected chi connectivity index (χ2v) is 8.43. The summed E-state index contributed by atoms with van der Waals surface area (Å²) in [5.74, 6) is -0.868. The van der Waals surface area contributed by atoms with Crippen molar-refractivity contribution in [3.05, 3.63) is 104 Å². The Morgan fingerprint density at radius 3 is 2.54 bits per heavy atom. The molecule has 9 heteroatoms. The average Bonchev–Trinajstić information content (AvgIpc) is 2.84. The van der Waals surface area contributed by atoms with Crippen LogP contribution in [0, 0.1) is 0 Å². The van der Waals surface area contributed by atoms with Crippen LogP contribution in [0.3, 0.4) is 0 Å². The van der Waals surface area contributed by atoms with Gasteiger partial charge in [0.25, 0.3) is 5.91 Å². The van der Waals surface area contributed by atoms with Gasteiger partial charge >= 0.3 is 11.6 Å². The molecule has 0 saturated heterocycles. The first-order valence-corrected chi connectivity index (χ1v) is 11.3. The number of hydrogen-bond donors (Lipinski definition) is 1. The molecule has 3 aromatic carbocycles. The van der Waals surface area contributed by atoms with E-state index in [1.165, 1.54) is 24.3 Å². The lowest BCUT2D eigenvalue weighted by Crippen LogP contribution is -2.30. The molecular formula is C26H19Cl2NO6. The molecule has 0 radical (unpaired) electrons. The molecule has 1 aromatic heterocycles. The fourth-order valence-corrected chi connectivity index (χ4v) is 3.63. The van der Waals surface area contributed by atoms with E-state index in [1.807, 2.05) is 37.3 Å². The van der Waals surface area contributed by atoms with Crippen molar-refractivity contribution in [1.82, 2.24) is 5.32 Å². The fraction of sp³-hybridized carbons (Fsp3) is 0.115. The lowest BCUT2D eigenvalue weighted by Gasteiger charge is -2.14. The van der Waals surface area contributed by atoms with Gasteiger partial charge in [0.05, 0.1) is 11.1 Å². The number of ether oxygens (including phenoxy) is 2. The molecule has 1 N–H and O–H groups in total. The van der Waals surface area contributed by atoms with Crippen molar-refractivity contribution in [2.75, 3.05) is 6.61 Å². The van der Waals surface area contributed by atoms with Crippen molar-refractivity contribution in [3.8, 4) is 11.5 Å². The zero-order chi connectivity index (χ0) is 24.9. The van der Waals surface area contributed by atoms with Gasteiger partial charge in [-0.3, -0.25) is 4.79 Å². The zero-order valence-electron chi connectivity index (χ0n) is 18.4. The van der Waals surface area contributed by atoms with Gasteiger partial charge in [0.2, 0.25) is 0 Å². The van der Waals surface area contributed by atoms with Gasteiger partial charge in [0, 0.05) is 22.5 Å². The minimum absolute atomic E-state index is 0.128. The van der Waals surface area contributed by atoms with Gasteiger partial charge in [-0.05, 0) is 42.8 Å². The van der Waals surface area contributed by atoms with Crippen LogP contribution in [-0.4, -0.2) is 18.5 Å². The molecule has 0 bridgehead atoms. The highest BCUT2D eigenvalue weighted by Gasteiger charge is 2.17. The van der Waals surface area contributed by atoms with E-state index in [0.29, 0.717) is 15.4 Å². The minimum Gasteiger partial charge on any atom is -0.480 e. The number of carbonyl (C=O) groups excluding carboxylic acids is 2. The molecule has 35 heavy (non-hydrogen) atoms. The molecule has 0 saturated carbocycles. The molecule has 178 valence electrons. The van der Waals surface area contributed by atoms with Gasteiger partial charge in [0.1, 0.15) is 22.6 Å². The van der Waals surface area contributed by atoms with Crippen LogP contribution < -0.4 is 20.4 Å². The Kier molecular flexibility index (Phi) is 7.39. The van der Waals surface area contributed by atoms with Crippen LogP contribution in [0.5, 0.6) is 11.5 Å². The number of benzene rings is 3. The van der Waals surface area contributed by atoms with Crippen LogP contribution >= 0.6 is 23.2 Å². The lowest BCUT2D eigenvalue weighted by molar-refractivity contribution is -0.136. The van der Waals surface area contributed by atoms with E-state index in [0.717, 1.165) is 5.56 Å². The highest BCUT2D eigenvalue weighted by atomic mass is 35.5. The predicted molar refractivity (Wildman–Crippen MR) is 132 cm³/mol. The average molecular weight is 512 g/mol. The van der Waals surface area contributed by atoms with Gasteiger partial charge in [-0.2, -0.15) is 0 Å². The maximum absolute atomic E-state index is 12.7. The van der Waals surface area contributed by atoms with Crippen LogP contribution in [0.1, 0.15) is 28.9 Å². The van der Waals surface area contributed by atoms with E-state index < -0.39 is 24.1 Å². The van der Waals surface area contributed by atoms with Crippen LogP contribution in [-0.2, 0) is 4.79 Å². The number of rotatable bonds is 7. The first-order chi connectivity index (χ1) is 16.8. The number of esters is 1.